The zero-order valence-electron chi connectivity index (χ0n) is 10.7. The second kappa shape index (κ2) is 4.58. The number of ether oxygens (including phenoxy) is 1. The van der Waals surface area contributed by atoms with Crippen molar-refractivity contribution in [2.75, 3.05) is 24.5 Å². The molecule has 0 spiro atoms. The number of hydrogen-bond donors (Lipinski definition) is 1. The molecule has 2 N–H and O–H groups in total. The monoisotopic (exact) mass is 236 g/mol. The lowest BCUT2D eigenvalue weighted by molar-refractivity contribution is -0.0790. The van der Waals surface area contributed by atoms with E-state index < -0.39 is 0 Å². The van der Waals surface area contributed by atoms with Crippen LogP contribution in [0.5, 0.6) is 0 Å². The van der Waals surface area contributed by atoms with Crippen LogP contribution in [0, 0.1) is 6.92 Å². The van der Waals surface area contributed by atoms with E-state index in [-0.39, 0.29) is 11.7 Å². The van der Waals surface area contributed by atoms with E-state index in [0.717, 1.165) is 24.7 Å². The molecule has 2 rings (SSSR count). The van der Waals surface area contributed by atoms with E-state index in [4.69, 9.17) is 10.5 Å². The highest BCUT2D eigenvalue weighted by Gasteiger charge is 2.33. The van der Waals surface area contributed by atoms with E-state index in [1.807, 2.05) is 13.0 Å². The highest BCUT2D eigenvalue weighted by molar-refractivity contribution is 5.39. The van der Waals surface area contributed by atoms with Gasteiger partial charge in [-0.25, -0.2) is 9.97 Å². The molecule has 1 aliphatic rings. The highest BCUT2D eigenvalue weighted by atomic mass is 16.5. The Morgan fingerprint density at radius 1 is 1.59 bits per heavy atom. The lowest BCUT2D eigenvalue weighted by Gasteiger charge is -2.43. The summed E-state index contributed by atoms with van der Waals surface area (Å²) in [6.07, 6.45) is 1.85. The zero-order valence-corrected chi connectivity index (χ0v) is 10.7. The van der Waals surface area contributed by atoms with E-state index in [1.54, 1.807) is 6.20 Å². The lowest BCUT2D eigenvalue weighted by atomic mass is 10.1. The molecular formula is C12H20N4O. The van der Waals surface area contributed by atoms with Gasteiger partial charge in [-0.2, -0.15) is 0 Å². The van der Waals surface area contributed by atoms with Crippen LogP contribution in [0.1, 0.15) is 19.7 Å². The molecule has 0 saturated carbocycles. The van der Waals surface area contributed by atoms with Crippen LogP contribution >= 0.6 is 0 Å². The third-order valence-electron chi connectivity index (χ3n) is 2.83. The number of aromatic nitrogens is 2. The summed E-state index contributed by atoms with van der Waals surface area (Å²) in [5, 5.41) is 0. The van der Waals surface area contributed by atoms with Crippen molar-refractivity contribution in [1.29, 1.82) is 0 Å². The Bertz CT molecular complexity index is 394. The van der Waals surface area contributed by atoms with Crippen molar-refractivity contribution in [3.63, 3.8) is 0 Å². The molecule has 94 valence electrons. The fraction of sp³-hybridized carbons (Fsp3) is 0.667. The normalized spacial score (nSPS) is 23.8. The van der Waals surface area contributed by atoms with Crippen molar-refractivity contribution in [2.45, 2.75) is 32.5 Å². The van der Waals surface area contributed by atoms with Crippen LogP contribution in [0.3, 0.4) is 0 Å². The van der Waals surface area contributed by atoms with E-state index in [2.05, 4.69) is 28.7 Å². The molecule has 0 aliphatic carbocycles. The second-order valence-corrected chi connectivity index (χ2v) is 5.08. The van der Waals surface area contributed by atoms with Crippen LogP contribution in [-0.4, -0.2) is 41.3 Å². The molecule has 0 radical (unpaired) electrons. The van der Waals surface area contributed by atoms with Gasteiger partial charge in [0.1, 0.15) is 11.6 Å². The molecule has 1 atom stereocenters. The third-order valence-corrected chi connectivity index (χ3v) is 2.83. The Balaban J connectivity index is 2.20. The molecule has 1 fully saturated rings. The summed E-state index contributed by atoms with van der Waals surface area (Å²) in [4.78, 5) is 10.8. The molecule has 0 bridgehead atoms. The van der Waals surface area contributed by atoms with Crippen molar-refractivity contribution in [3.8, 4) is 0 Å². The predicted molar refractivity (Wildman–Crippen MR) is 67.0 cm³/mol. The summed E-state index contributed by atoms with van der Waals surface area (Å²) in [6.45, 7) is 8.20. The van der Waals surface area contributed by atoms with Crippen LogP contribution in [0.25, 0.3) is 0 Å². The zero-order chi connectivity index (χ0) is 12.5. The van der Waals surface area contributed by atoms with E-state index in [0.29, 0.717) is 6.54 Å². The number of rotatable bonds is 2. The maximum atomic E-state index is 5.89. The summed E-state index contributed by atoms with van der Waals surface area (Å²) >= 11 is 0. The maximum Gasteiger partial charge on any atom is 0.132 e. The Morgan fingerprint density at radius 2 is 2.35 bits per heavy atom. The number of hydrogen-bond acceptors (Lipinski definition) is 5. The van der Waals surface area contributed by atoms with Gasteiger partial charge >= 0.3 is 0 Å². The molecule has 1 aromatic rings. The van der Waals surface area contributed by atoms with Crippen LogP contribution in [0.2, 0.25) is 0 Å². The quantitative estimate of drug-likeness (QED) is 0.820. The smallest absolute Gasteiger partial charge is 0.132 e. The molecule has 1 aliphatic heterocycles. The second-order valence-electron chi connectivity index (χ2n) is 5.08. The highest BCUT2D eigenvalue weighted by Crippen LogP contribution is 2.24. The van der Waals surface area contributed by atoms with Gasteiger partial charge in [0.05, 0.1) is 11.7 Å². The minimum Gasteiger partial charge on any atom is -0.367 e. The Hall–Kier alpha value is -1.20. The fourth-order valence-electron chi connectivity index (χ4n) is 2.21. The molecule has 1 saturated heterocycles. The minimum atomic E-state index is -0.193. The summed E-state index contributed by atoms with van der Waals surface area (Å²) in [5.41, 5.74) is 5.52. The number of nitrogens with zero attached hydrogens (tertiary/aromatic N) is 3. The van der Waals surface area contributed by atoms with Crippen LogP contribution in [0.15, 0.2) is 12.3 Å². The van der Waals surface area contributed by atoms with Gasteiger partial charge in [0, 0.05) is 25.8 Å². The number of aryl methyl sites for hydroxylation is 1. The Morgan fingerprint density at radius 3 is 3.00 bits per heavy atom. The topological polar surface area (TPSA) is 64.3 Å². The van der Waals surface area contributed by atoms with E-state index >= 15 is 0 Å². The molecule has 0 aromatic carbocycles. The number of morpholine rings is 1. The SMILES string of the molecule is Cc1nccc(N2CC(CN)OC(C)(C)C2)n1. The summed E-state index contributed by atoms with van der Waals surface area (Å²) in [7, 11) is 0. The maximum absolute atomic E-state index is 5.89. The van der Waals surface area contributed by atoms with E-state index in [9.17, 15) is 0 Å². The third kappa shape index (κ3) is 2.92. The van der Waals surface area contributed by atoms with Gasteiger partial charge in [-0.1, -0.05) is 0 Å². The van der Waals surface area contributed by atoms with Crippen LogP contribution in [-0.2, 0) is 4.74 Å². The molecule has 17 heavy (non-hydrogen) atoms. The molecule has 1 unspecified atom stereocenters. The largest absolute Gasteiger partial charge is 0.367 e. The van der Waals surface area contributed by atoms with Gasteiger partial charge in [-0.3, -0.25) is 0 Å². The molecule has 5 nitrogen and oxygen atoms in total. The van der Waals surface area contributed by atoms with E-state index in [1.165, 1.54) is 0 Å². The average molecular weight is 236 g/mol. The summed E-state index contributed by atoms with van der Waals surface area (Å²) in [5.74, 6) is 1.74. The Labute approximate surface area is 102 Å². The first-order valence-electron chi connectivity index (χ1n) is 5.93. The van der Waals surface area contributed by atoms with Gasteiger partial charge in [0.2, 0.25) is 0 Å². The number of nitrogens with two attached hydrogens (primary N) is 1. The standard InChI is InChI=1S/C12H20N4O/c1-9-14-5-4-11(15-9)16-7-10(6-13)17-12(2,3)8-16/h4-5,10H,6-8,13H2,1-3H3. The van der Waals surface area contributed by atoms with Crippen molar-refractivity contribution >= 4 is 5.82 Å². The Kier molecular flexibility index (Phi) is 3.31. The lowest BCUT2D eigenvalue weighted by Crippen LogP contribution is -2.55. The van der Waals surface area contributed by atoms with Crippen molar-refractivity contribution in [1.82, 2.24) is 9.97 Å². The number of anilines is 1. The van der Waals surface area contributed by atoms with Crippen molar-refractivity contribution in [3.05, 3.63) is 18.1 Å². The average Bonchev–Trinajstić information content (AvgIpc) is 2.27. The van der Waals surface area contributed by atoms with Gasteiger partial charge in [-0.15, -0.1) is 0 Å². The van der Waals surface area contributed by atoms with Gasteiger partial charge < -0.3 is 15.4 Å². The van der Waals surface area contributed by atoms with Gasteiger partial charge in [0.25, 0.3) is 0 Å². The first kappa shape index (κ1) is 12.3. The van der Waals surface area contributed by atoms with Crippen molar-refractivity contribution < 1.29 is 4.74 Å². The molecule has 5 heteroatoms. The first-order valence-corrected chi connectivity index (χ1v) is 5.93. The molecular weight excluding hydrogens is 216 g/mol. The minimum absolute atomic E-state index is 0.0639. The summed E-state index contributed by atoms with van der Waals surface area (Å²) < 4.78 is 5.89. The van der Waals surface area contributed by atoms with Crippen LogP contribution < -0.4 is 10.6 Å². The first-order chi connectivity index (χ1) is 8.00. The molecule has 1 aromatic heterocycles. The predicted octanol–water partition coefficient (Wildman–Crippen LogP) is 0.728. The van der Waals surface area contributed by atoms with Gasteiger partial charge in [-0.05, 0) is 26.8 Å². The van der Waals surface area contributed by atoms with Gasteiger partial charge in [0.15, 0.2) is 0 Å². The van der Waals surface area contributed by atoms with Crippen molar-refractivity contribution in [2.24, 2.45) is 5.73 Å². The molecule has 0 amide bonds. The molecule has 2 heterocycles. The summed E-state index contributed by atoms with van der Waals surface area (Å²) in [6, 6.07) is 1.93. The fourth-order valence-corrected chi connectivity index (χ4v) is 2.21. The van der Waals surface area contributed by atoms with Crippen LogP contribution in [0.4, 0.5) is 5.82 Å².